The van der Waals surface area contributed by atoms with Gasteiger partial charge in [0.2, 0.25) is 0 Å². The molecular formula is C30H27N3. The zero-order chi connectivity index (χ0) is 22.7. The van der Waals surface area contributed by atoms with Crippen LogP contribution in [0.25, 0.3) is 49.5 Å². The molecule has 3 heterocycles. The summed E-state index contributed by atoms with van der Waals surface area (Å²) in [4.78, 5) is 9.84. The summed E-state index contributed by atoms with van der Waals surface area (Å²) in [6, 6.07) is 23.8. The average Bonchev–Trinajstić information content (AvgIpc) is 3.28. The van der Waals surface area contributed by atoms with E-state index in [1.807, 2.05) is 6.20 Å². The van der Waals surface area contributed by atoms with Gasteiger partial charge in [-0.25, -0.2) is 4.98 Å². The summed E-state index contributed by atoms with van der Waals surface area (Å²) in [5.74, 6) is 0.824. The van der Waals surface area contributed by atoms with Gasteiger partial charge in [0.05, 0.1) is 29.1 Å². The standard InChI is InChI=1S/C30H27N3/c1-18(2)20-13-9-14-21(19(3)4)28(20)27-17-32-30-23-11-6-5-10-22(23)29-24-12-7-8-15-25(24)31-16-26(29)33(27)30/h5-19H,1-4H3. The first kappa shape index (κ1) is 19.9. The lowest BCUT2D eigenvalue weighted by atomic mass is 9.87. The largest absolute Gasteiger partial charge is 0.290 e. The van der Waals surface area contributed by atoms with Gasteiger partial charge in [0.1, 0.15) is 5.65 Å². The molecule has 3 aromatic heterocycles. The van der Waals surface area contributed by atoms with E-state index >= 15 is 0 Å². The number of imidazole rings is 1. The summed E-state index contributed by atoms with van der Waals surface area (Å²) < 4.78 is 2.34. The maximum absolute atomic E-state index is 4.99. The Morgan fingerprint density at radius 1 is 0.636 bits per heavy atom. The van der Waals surface area contributed by atoms with Crippen molar-refractivity contribution in [1.82, 2.24) is 14.4 Å². The van der Waals surface area contributed by atoms with E-state index < -0.39 is 0 Å². The summed E-state index contributed by atoms with van der Waals surface area (Å²) >= 11 is 0. The minimum atomic E-state index is 0.412. The smallest absolute Gasteiger partial charge is 0.145 e. The van der Waals surface area contributed by atoms with Crippen LogP contribution in [0.5, 0.6) is 0 Å². The number of aromatic nitrogens is 3. The Bertz CT molecular complexity index is 1650. The number of pyridine rings is 2. The van der Waals surface area contributed by atoms with E-state index in [0.717, 1.165) is 22.4 Å². The minimum absolute atomic E-state index is 0.412. The van der Waals surface area contributed by atoms with Gasteiger partial charge in [-0.15, -0.1) is 0 Å². The van der Waals surface area contributed by atoms with E-state index in [1.54, 1.807) is 0 Å². The molecule has 0 bridgehead atoms. The first-order valence-electron chi connectivity index (χ1n) is 11.7. The lowest BCUT2D eigenvalue weighted by Gasteiger charge is -2.20. The van der Waals surface area contributed by atoms with Crippen LogP contribution in [0.2, 0.25) is 0 Å². The Balaban J connectivity index is 1.87. The number of rotatable bonds is 3. The highest BCUT2D eigenvalue weighted by Gasteiger charge is 2.21. The molecule has 6 rings (SSSR count). The second kappa shape index (κ2) is 7.41. The molecule has 3 heteroatoms. The summed E-state index contributed by atoms with van der Waals surface area (Å²) in [5, 5.41) is 4.79. The third-order valence-corrected chi connectivity index (χ3v) is 6.82. The molecule has 0 spiro atoms. The lowest BCUT2D eigenvalue weighted by Crippen LogP contribution is -2.03. The first-order chi connectivity index (χ1) is 16.1. The summed E-state index contributed by atoms with van der Waals surface area (Å²) in [6.07, 6.45) is 4.08. The fourth-order valence-corrected chi connectivity index (χ4v) is 5.29. The highest BCUT2D eigenvalue weighted by molar-refractivity contribution is 6.21. The van der Waals surface area contributed by atoms with E-state index in [-0.39, 0.29) is 0 Å². The van der Waals surface area contributed by atoms with Crippen LogP contribution < -0.4 is 0 Å². The molecule has 3 nitrogen and oxygen atoms in total. The van der Waals surface area contributed by atoms with Crippen LogP contribution in [0, 0.1) is 0 Å². The van der Waals surface area contributed by atoms with Gasteiger partial charge in [-0.2, -0.15) is 0 Å². The molecule has 3 aromatic carbocycles. The molecule has 0 saturated heterocycles. The van der Waals surface area contributed by atoms with Crippen LogP contribution >= 0.6 is 0 Å². The van der Waals surface area contributed by atoms with Crippen molar-refractivity contribution < 1.29 is 0 Å². The van der Waals surface area contributed by atoms with Crippen molar-refractivity contribution >= 4 is 38.2 Å². The van der Waals surface area contributed by atoms with Gasteiger partial charge < -0.3 is 0 Å². The molecular weight excluding hydrogens is 402 g/mol. The topological polar surface area (TPSA) is 30.2 Å². The number of nitrogens with zero attached hydrogens (tertiary/aromatic N) is 3. The van der Waals surface area contributed by atoms with Crippen LogP contribution in [0.3, 0.4) is 0 Å². The number of para-hydroxylation sites is 1. The molecule has 6 aromatic rings. The highest BCUT2D eigenvalue weighted by Crippen LogP contribution is 2.40. The summed E-state index contributed by atoms with van der Waals surface area (Å²) in [5.41, 5.74) is 8.27. The third-order valence-electron chi connectivity index (χ3n) is 6.82. The van der Waals surface area contributed by atoms with Crippen molar-refractivity contribution in [3.05, 3.63) is 90.3 Å². The van der Waals surface area contributed by atoms with E-state index in [1.165, 1.54) is 38.2 Å². The van der Waals surface area contributed by atoms with E-state index in [2.05, 4.69) is 105 Å². The zero-order valence-electron chi connectivity index (χ0n) is 19.5. The Morgan fingerprint density at radius 2 is 1.27 bits per heavy atom. The molecule has 0 N–H and O–H groups in total. The van der Waals surface area contributed by atoms with Gasteiger partial charge in [0, 0.05) is 21.7 Å². The number of fused-ring (bicyclic) bond motifs is 8. The van der Waals surface area contributed by atoms with E-state index in [0.29, 0.717) is 11.8 Å². The third kappa shape index (κ3) is 2.88. The molecule has 0 amide bonds. The van der Waals surface area contributed by atoms with Crippen LogP contribution in [0.1, 0.15) is 50.7 Å². The number of hydrogen-bond acceptors (Lipinski definition) is 2. The zero-order valence-corrected chi connectivity index (χ0v) is 19.5. The Kier molecular flexibility index (Phi) is 4.48. The van der Waals surface area contributed by atoms with Crippen molar-refractivity contribution in [1.29, 1.82) is 0 Å². The van der Waals surface area contributed by atoms with Gasteiger partial charge >= 0.3 is 0 Å². The van der Waals surface area contributed by atoms with Crippen molar-refractivity contribution in [2.45, 2.75) is 39.5 Å². The van der Waals surface area contributed by atoms with Gasteiger partial charge in [-0.1, -0.05) is 88.4 Å². The van der Waals surface area contributed by atoms with E-state index in [4.69, 9.17) is 9.97 Å². The van der Waals surface area contributed by atoms with Crippen LogP contribution in [-0.4, -0.2) is 14.4 Å². The molecule has 0 aliphatic carbocycles. The van der Waals surface area contributed by atoms with Gasteiger partial charge in [-0.05, 0) is 34.4 Å². The molecule has 0 aliphatic heterocycles. The Morgan fingerprint density at radius 3 is 1.97 bits per heavy atom. The molecule has 0 saturated carbocycles. The Hall–Kier alpha value is -3.72. The maximum atomic E-state index is 4.99. The van der Waals surface area contributed by atoms with Crippen LogP contribution in [0.15, 0.2) is 79.1 Å². The van der Waals surface area contributed by atoms with Gasteiger partial charge in [0.25, 0.3) is 0 Å². The van der Waals surface area contributed by atoms with Crippen LogP contribution in [-0.2, 0) is 0 Å². The fourth-order valence-electron chi connectivity index (χ4n) is 5.29. The number of benzene rings is 3. The van der Waals surface area contributed by atoms with Gasteiger partial charge in [-0.3, -0.25) is 9.38 Å². The molecule has 0 fully saturated rings. The van der Waals surface area contributed by atoms with Crippen molar-refractivity contribution in [3.8, 4) is 11.3 Å². The summed E-state index contributed by atoms with van der Waals surface area (Å²) in [6.45, 7) is 9.09. The second-order valence-electron chi connectivity index (χ2n) is 9.50. The predicted molar refractivity (Wildman–Crippen MR) is 139 cm³/mol. The quantitative estimate of drug-likeness (QED) is 0.266. The maximum Gasteiger partial charge on any atom is 0.145 e. The number of hydrogen-bond donors (Lipinski definition) is 0. The van der Waals surface area contributed by atoms with Crippen molar-refractivity contribution in [2.24, 2.45) is 0 Å². The normalized spacial score (nSPS) is 12.2. The molecule has 0 atom stereocenters. The molecule has 0 radical (unpaired) electrons. The molecule has 0 aliphatic rings. The van der Waals surface area contributed by atoms with E-state index in [9.17, 15) is 0 Å². The molecule has 0 unspecified atom stereocenters. The van der Waals surface area contributed by atoms with Gasteiger partial charge in [0.15, 0.2) is 0 Å². The average molecular weight is 430 g/mol. The Labute approximate surface area is 193 Å². The first-order valence-corrected chi connectivity index (χ1v) is 11.7. The van der Waals surface area contributed by atoms with Crippen molar-refractivity contribution in [2.75, 3.05) is 0 Å². The summed E-state index contributed by atoms with van der Waals surface area (Å²) in [7, 11) is 0. The monoisotopic (exact) mass is 429 g/mol. The van der Waals surface area contributed by atoms with Crippen molar-refractivity contribution in [3.63, 3.8) is 0 Å². The lowest BCUT2D eigenvalue weighted by molar-refractivity contribution is 0.836. The molecule has 33 heavy (non-hydrogen) atoms. The SMILES string of the molecule is CC(C)c1cccc(C(C)C)c1-c1cnc2c3ccccc3c3c4ccccc4ncc3n12. The second-order valence-corrected chi connectivity index (χ2v) is 9.50. The fraction of sp³-hybridized carbons (Fsp3) is 0.200. The predicted octanol–water partition coefficient (Wildman–Crippen LogP) is 8.10. The highest BCUT2D eigenvalue weighted by atomic mass is 15.0. The molecule has 162 valence electrons. The van der Waals surface area contributed by atoms with Crippen LogP contribution in [0.4, 0.5) is 0 Å². The minimum Gasteiger partial charge on any atom is -0.290 e.